The van der Waals surface area contributed by atoms with Crippen molar-refractivity contribution in [2.24, 2.45) is 0 Å². The van der Waals surface area contributed by atoms with Crippen LogP contribution in [0.15, 0.2) is 0 Å². The van der Waals surface area contributed by atoms with Crippen molar-refractivity contribution in [3.63, 3.8) is 0 Å². The quantitative estimate of drug-likeness (QED) is 0.704. The van der Waals surface area contributed by atoms with Crippen molar-refractivity contribution in [3.05, 3.63) is 0 Å². The van der Waals surface area contributed by atoms with E-state index >= 15 is 0 Å². The zero-order valence-corrected chi connectivity index (χ0v) is 10.3. The van der Waals surface area contributed by atoms with Crippen LogP contribution in [0.4, 0.5) is 0 Å². The van der Waals surface area contributed by atoms with Crippen molar-refractivity contribution in [1.29, 1.82) is 0 Å². The third-order valence-corrected chi connectivity index (χ3v) is 3.57. The fourth-order valence-electron chi connectivity index (χ4n) is 2.47. The molecule has 0 amide bonds. The number of rotatable bonds is 7. The number of ether oxygens (including phenoxy) is 1. The van der Waals surface area contributed by atoms with Crippen molar-refractivity contribution in [2.75, 3.05) is 6.61 Å². The molecule has 1 aliphatic heterocycles. The monoisotopic (exact) mass is 214 g/mol. The first kappa shape index (κ1) is 13.0. The summed E-state index contributed by atoms with van der Waals surface area (Å²) >= 11 is 0. The third kappa shape index (κ3) is 4.52. The lowest BCUT2D eigenvalue weighted by Gasteiger charge is -2.26. The van der Waals surface area contributed by atoms with Gasteiger partial charge in [-0.15, -0.1) is 0 Å². The molecule has 1 fully saturated rings. The second-order valence-electron chi connectivity index (χ2n) is 4.86. The molecule has 1 heterocycles. The molecule has 2 atom stereocenters. The highest BCUT2D eigenvalue weighted by Gasteiger charge is 2.24. The molecule has 1 saturated heterocycles. The molecular weight excluding hydrogens is 188 g/mol. The highest BCUT2D eigenvalue weighted by atomic mass is 16.5. The Bertz CT molecular complexity index is 164. The van der Waals surface area contributed by atoms with E-state index in [1.807, 2.05) is 0 Å². The van der Waals surface area contributed by atoms with Gasteiger partial charge in [-0.1, -0.05) is 20.3 Å². The second-order valence-corrected chi connectivity index (χ2v) is 4.86. The highest BCUT2D eigenvalue weighted by molar-refractivity contribution is 4.77. The molecule has 0 spiro atoms. The zero-order valence-electron chi connectivity index (χ0n) is 10.3. The van der Waals surface area contributed by atoms with E-state index < -0.39 is 5.60 Å². The van der Waals surface area contributed by atoms with Crippen molar-refractivity contribution >= 4 is 0 Å². The molecule has 0 aromatic heterocycles. The minimum Gasteiger partial charge on any atom is -0.390 e. The average molecular weight is 214 g/mol. The maximum absolute atomic E-state index is 10.3. The molecule has 0 aromatic carbocycles. The molecule has 1 N–H and O–H groups in total. The van der Waals surface area contributed by atoms with Gasteiger partial charge in [-0.25, -0.2) is 0 Å². The summed E-state index contributed by atoms with van der Waals surface area (Å²) in [5.74, 6) is 0. The Morgan fingerprint density at radius 2 is 2.13 bits per heavy atom. The Balaban J connectivity index is 2.15. The van der Waals surface area contributed by atoms with Crippen molar-refractivity contribution < 1.29 is 9.84 Å². The van der Waals surface area contributed by atoms with Gasteiger partial charge in [0, 0.05) is 6.61 Å². The topological polar surface area (TPSA) is 29.5 Å². The number of hydrogen-bond acceptors (Lipinski definition) is 2. The van der Waals surface area contributed by atoms with Crippen molar-refractivity contribution in [2.45, 2.75) is 76.9 Å². The van der Waals surface area contributed by atoms with Crippen LogP contribution in [0, 0.1) is 0 Å². The smallest absolute Gasteiger partial charge is 0.0645 e. The van der Waals surface area contributed by atoms with Gasteiger partial charge >= 0.3 is 0 Å². The van der Waals surface area contributed by atoms with Crippen LogP contribution in [0.5, 0.6) is 0 Å². The van der Waals surface area contributed by atoms with E-state index in [2.05, 4.69) is 13.8 Å². The molecular formula is C13H26O2. The first-order valence-electron chi connectivity index (χ1n) is 6.54. The summed E-state index contributed by atoms with van der Waals surface area (Å²) in [4.78, 5) is 0. The minimum atomic E-state index is -0.409. The molecule has 0 saturated carbocycles. The van der Waals surface area contributed by atoms with E-state index in [1.54, 1.807) is 0 Å². The van der Waals surface area contributed by atoms with E-state index in [1.165, 1.54) is 12.8 Å². The van der Waals surface area contributed by atoms with Crippen LogP contribution in [0.1, 0.15) is 65.2 Å². The van der Waals surface area contributed by atoms with Crippen LogP contribution in [-0.2, 0) is 4.74 Å². The molecule has 1 rings (SSSR count). The van der Waals surface area contributed by atoms with Crippen LogP contribution >= 0.6 is 0 Å². The Kier molecular flexibility index (Phi) is 5.62. The maximum Gasteiger partial charge on any atom is 0.0645 e. The molecule has 2 heteroatoms. The van der Waals surface area contributed by atoms with Gasteiger partial charge in [-0.05, 0) is 44.9 Å². The molecule has 1 aliphatic rings. The molecule has 0 bridgehead atoms. The highest BCUT2D eigenvalue weighted by Crippen LogP contribution is 2.26. The third-order valence-electron chi connectivity index (χ3n) is 3.57. The Labute approximate surface area is 94.0 Å². The van der Waals surface area contributed by atoms with E-state index in [9.17, 15) is 5.11 Å². The first-order chi connectivity index (χ1) is 7.20. The van der Waals surface area contributed by atoms with E-state index in [4.69, 9.17) is 4.74 Å². The summed E-state index contributed by atoms with van der Waals surface area (Å²) < 4.78 is 5.58. The summed E-state index contributed by atoms with van der Waals surface area (Å²) in [7, 11) is 0. The molecule has 0 aliphatic carbocycles. The number of hydrogen-bond donors (Lipinski definition) is 1. The van der Waals surface area contributed by atoms with Gasteiger partial charge in [0.1, 0.15) is 0 Å². The lowest BCUT2D eigenvalue weighted by atomic mass is 9.88. The van der Waals surface area contributed by atoms with Gasteiger partial charge < -0.3 is 9.84 Å². The van der Waals surface area contributed by atoms with E-state index in [0.29, 0.717) is 6.10 Å². The predicted octanol–water partition coefficient (Wildman–Crippen LogP) is 3.28. The Hall–Kier alpha value is -0.0800. The maximum atomic E-state index is 10.3. The molecule has 2 nitrogen and oxygen atoms in total. The summed E-state index contributed by atoms with van der Waals surface area (Å²) in [6.45, 7) is 5.17. The predicted molar refractivity (Wildman–Crippen MR) is 63.0 cm³/mol. The van der Waals surface area contributed by atoms with Crippen LogP contribution < -0.4 is 0 Å². The fourth-order valence-corrected chi connectivity index (χ4v) is 2.47. The fraction of sp³-hybridized carbons (Fsp3) is 1.00. The van der Waals surface area contributed by atoms with Crippen LogP contribution in [0.2, 0.25) is 0 Å². The molecule has 15 heavy (non-hydrogen) atoms. The summed E-state index contributed by atoms with van der Waals surface area (Å²) in [6, 6.07) is 0. The normalized spacial score (nSPS) is 25.4. The summed E-state index contributed by atoms with van der Waals surface area (Å²) in [5, 5.41) is 10.3. The lowest BCUT2D eigenvalue weighted by molar-refractivity contribution is 0.0112. The standard InChI is InChI=1S/C13H26O2/c1-3-9-13(14,4-2)10-5-7-12-8-6-11-15-12/h12,14H,3-11H2,1-2H3. The SMILES string of the molecule is CCCC(O)(CC)CCCC1CCCO1. The minimum absolute atomic E-state index is 0.409. The average Bonchev–Trinajstić information content (AvgIpc) is 2.71. The molecule has 0 aromatic rings. The first-order valence-corrected chi connectivity index (χ1v) is 6.54. The van der Waals surface area contributed by atoms with Gasteiger partial charge in [-0.2, -0.15) is 0 Å². The van der Waals surface area contributed by atoms with Crippen LogP contribution in [-0.4, -0.2) is 23.4 Å². The van der Waals surface area contributed by atoms with Gasteiger partial charge in [0.15, 0.2) is 0 Å². The summed E-state index contributed by atoms with van der Waals surface area (Å²) in [5.41, 5.74) is -0.409. The largest absolute Gasteiger partial charge is 0.390 e. The molecule has 90 valence electrons. The van der Waals surface area contributed by atoms with Gasteiger partial charge in [0.2, 0.25) is 0 Å². The summed E-state index contributed by atoms with van der Waals surface area (Å²) in [6.07, 6.45) is 8.99. The van der Waals surface area contributed by atoms with Crippen LogP contribution in [0.3, 0.4) is 0 Å². The van der Waals surface area contributed by atoms with E-state index in [0.717, 1.165) is 45.1 Å². The van der Waals surface area contributed by atoms with Gasteiger partial charge in [0.05, 0.1) is 11.7 Å². The van der Waals surface area contributed by atoms with E-state index in [-0.39, 0.29) is 0 Å². The van der Waals surface area contributed by atoms with Gasteiger partial charge in [0.25, 0.3) is 0 Å². The van der Waals surface area contributed by atoms with Crippen LogP contribution in [0.25, 0.3) is 0 Å². The lowest BCUT2D eigenvalue weighted by Crippen LogP contribution is -2.27. The van der Waals surface area contributed by atoms with Crippen molar-refractivity contribution in [3.8, 4) is 0 Å². The number of aliphatic hydroxyl groups is 1. The van der Waals surface area contributed by atoms with Crippen molar-refractivity contribution in [1.82, 2.24) is 0 Å². The molecule has 2 unspecified atom stereocenters. The second kappa shape index (κ2) is 6.49. The van der Waals surface area contributed by atoms with Gasteiger partial charge in [-0.3, -0.25) is 0 Å². The Morgan fingerprint density at radius 1 is 1.33 bits per heavy atom. The zero-order chi connectivity index (χ0) is 11.1. The molecule has 0 radical (unpaired) electrons. The Morgan fingerprint density at radius 3 is 2.67 bits per heavy atom.